The number of hydrogen-bond donors (Lipinski definition) is 0. The normalized spacial score (nSPS) is 18.3. The van der Waals surface area contributed by atoms with E-state index in [1.165, 1.54) is 0 Å². The molecular formula is C14H13NO2. The molecule has 1 aromatic carbocycles. The molecule has 17 heavy (non-hydrogen) atoms. The standard InChI is InChI=1S/C14H13NO2/c1-10-16-9-13-8-12(2-3-14(13)17-10)11-4-6-15-7-5-11/h2-8,10H,9H2,1H3. The summed E-state index contributed by atoms with van der Waals surface area (Å²) in [4.78, 5) is 4.02. The smallest absolute Gasteiger partial charge is 0.197 e. The number of ether oxygens (including phenoxy) is 2. The van der Waals surface area contributed by atoms with Crippen molar-refractivity contribution in [2.75, 3.05) is 0 Å². The van der Waals surface area contributed by atoms with E-state index < -0.39 is 0 Å². The van der Waals surface area contributed by atoms with Crippen molar-refractivity contribution in [1.29, 1.82) is 0 Å². The molecule has 1 atom stereocenters. The Bertz CT molecular complexity index is 525. The van der Waals surface area contributed by atoms with Gasteiger partial charge < -0.3 is 9.47 Å². The van der Waals surface area contributed by atoms with Crippen LogP contribution in [0.5, 0.6) is 5.75 Å². The third kappa shape index (κ3) is 2.01. The lowest BCUT2D eigenvalue weighted by atomic mass is 10.0. The first-order valence-corrected chi connectivity index (χ1v) is 5.64. The summed E-state index contributed by atoms with van der Waals surface area (Å²) in [5, 5.41) is 0. The first kappa shape index (κ1) is 10.3. The fraction of sp³-hybridized carbons (Fsp3) is 0.214. The molecule has 0 bridgehead atoms. The molecule has 0 spiro atoms. The van der Waals surface area contributed by atoms with Crippen LogP contribution in [-0.4, -0.2) is 11.3 Å². The summed E-state index contributed by atoms with van der Waals surface area (Å²) in [6.07, 6.45) is 3.43. The van der Waals surface area contributed by atoms with E-state index in [2.05, 4.69) is 17.1 Å². The molecule has 0 N–H and O–H groups in total. The first-order valence-electron chi connectivity index (χ1n) is 5.64. The molecule has 0 radical (unpaired) electrons. The van der Waals surface area contributed by atoms with E-state index in [-0.39, 0.29) is 6.29 Å². The number of nitrogens with zero attached hydrogens (tertiary/aromatic N) is 1. The number of aromatic nitrogens is 1. The van der Waals surface area contributed by atoms with Crippen molar-refractivity contribution in [2.45, 2.75) is 19.8 Å². The van der Waals surface area contributed by atoms with Crippen LogP contribution in [0.25, 0.3) is 11.1 Å². The molecule has 1 aromatic heterocycles. The van der Waals surface area contributed by atoms with E-state index in [0.29, 0.717) is 6.61 Å². The zero-order valence-corrected chi connectivity index (χ0v) is 9.59. The van der Waals surface area contributed by atoms with E-state index in [0.717, 1.165) is 22.4 Å². The minimum absolute atomic E-state index is 0.158. The minimum Gasteiger partial charge on any atom is -0.465 e. The average Bonchev–Trinajstić information content (AvgIpc) is 2.39. The molecule has 3 rings (SSSR count). The van der Waals surface area contributed by atoms with Crippen LogP contribution in [0.1, 0.15) is 12.5 Å². The molecule has 2 heterocycles. The number of benzene rings is 1. The molecule has 0 fully saturated rings. The minimum atomic E-state index is -0.158. The summed E-state index contributed by atoms with van der Waals surface area (Å²) in [6, 6.07) is 10.2. The second-order valence-electron chi connectivity index (χ2n) is 4.05. The van der Waals surface area contributed by atoms with E-state index in [1.807, 2.05) is 25.1 Å². The lowest BCUT2D eigenvalue weighted by Crippen LogP contribution is -2.21. The highest BCUT2D eigenvalue weighted by Gasteiger charge is 2.16. The van der Waals surface area contributed by atoms with Gasteiger partial charge in [-0.05, 0) is 42.3 Å². The van der Waals surface area contributed by atoms with Crippen molar-refractivity contribution in [2.24, 2.45) is 0 Å². The quantitative estimate of drug-likeness (QED) is 0.750. The molecule has 3 heteroatoms. The van der Waals surface area contributed by atoms with Crippen molar-refractivity contribution in [3.8, 4) is 16.9 Å². The van der Waals surface area contributed by atoms with Crippen LogP contribution in [0.2, 0.25) is 0 Å². The highest BCUT2D eigenvalue weighted by molar-refractivity contribution is 5.65. The van der Waals surface area contributed by atoms with Crippen molar-refractivity contribution >= 4 is 0 Å². The second-order valence-corrected chi connectivity index (χ2v) is 4.05. The van der Waals surface area contributed by atoms with Crippen LogP contribution in [0.4, 0.5) is 0 Å². The fourth-order valence-corrected chi connectivity index (χ4v) is 1.95. The predicted octanol–water partition coefficient (Wildman–Crippen LogP) is 3.00. The summed E-state index contributed by atoms with van der Waals surface area (Å²) in [5.41, 5.74) is 3.41. The Labute approximate surface area is 100 Å². The zero-order valence-electron chi connectivity index (χ0n) is 9.59. The molecule has 3 nitrogen and oxygen atoms in total. The van der Waals surface area contributed by atoms with Gasteiger partial charge in [-0.15, -0.1) is 0 Å². The Morgan fingerprint density at radius 1 is 1.12 bits per heavy atom. The Morgan fingerprint density at radius 2 is 1.94 bits per heavy atom. The van der Waals surface area contributed by atoms with E-state index >= 15 is 0 Å². The van der Waals surface area contributed by atoms with Crippen molar-refractivity contribution in [3.63, 3.8) is 0 Å². The van der Waals surface area contributed by atoms with Crippen molar-refractivity contribution < 1.29 is 9.47 Å². The molecular weight excluding hydrogens is 214 g/mol. The molecule has 0 saturated carbocycles. The molecule has 0 amide bonds. The Hall–Kier alpha value is -1.87. The Morgan fingerprint density at radius 3 is 2.76 bits per heavy atom. The fourth-order valence-electron chi connectivity index (χ4n) is 1.95. The first-order chi connectivity index (χ1) is 8.33. The van der Waals surface area contributed by atoms with Crippen molar-refractivity contribution in [1.82, 2.24) is 4.98 Å². The van der Waals surface area contributed by atoms with E-state index in [1.54, 1.807) is 12.4 Å². The number of fused-ring (bicyclic) bond motifs is 1. The van der Waals surface area contributed by atoms with Crippen LogP contribution in [0.3, 0.4) is 0 Å². The van der Waals surface area contributed by atoms with Crippen LogP contribution < -0.4 is 4.74 Å². The largest absolute Gasteiger partial charge is 0.465 e. The zero-order chi connectivity index (χ0) is 11.7. The molecule has 2 aromatic rings. The summed E-state index contributed by atoms with van der Waals surface area (Å²) >= 11 is 0. The van der Waals surface area contributed by atoms with Crippen LogP contribution in [-0.2, 0) is 11.3 Å². The van der Waals surface area contributed by atoms with Gasteiger partial charge in [-0.2, -0.15) is 0 Å². The highest BCUT2D eigenvalue weighted by atomic mass is 16.7. The molecule has 1 unspecified atom stereocenters. The van der Waals surface area contributed by atoms with Crippen LogP contribution >= 0.6 is 0 Å². The van der Waals surface area contributed by atoms with Gasteiger partial charge in [-0.1, -0.05) is 6.07 Å². The number of pyridine rings is 1. The third-order valence-corrected chi connectivity index (χ3v) is 2.84. The SMILES string of the molecule is CC1OCc2cc(-c3ccncc3)ccc2O1. The van der Waals surface area contributed by atoms with Crippen LogP contribution in [0, 0.1) is 0 Å². The third-order valence-electron chi connectivity index (χ3n) is 2.84. The average molecular weight is 227 g/mol. The van der Waals surface area contributed by atoms with E-state index in [9.17, 15) is 0 Å². The van der Waals surface area contributed by atoms with Gasteiger partial charge in [0.15, 0.2) is 6.29 Å². The Kier molecular flexibility index (Phi) is 2.53. The summed E-state index contributed by atoms with van der Waals surface area (Å²) in [5.74, 6) is 0.918. The van der Waals surface area contributed by atoms with Gasteiger partial charge in [-0.25, -0.2) is 0 Å². The highest BCUT2D eigenvalue weighted by Crippen LogP contribution is 2.30. The predicted molar refractivity (Wildman–Crippen MR) is 64.6 cm³/mol. The monoisotopic (exact) mass is 227 g/mol. The summed E-state index contributed by atoms with van der Waals surface area (Å²) in [7, 11) is 0. The maximum Gasteiger partial charge on any atom is 0.197 e. The molecule has 1 aliphatic heterocycles. The lowest BCUT2D eigenvalue weighted by molar-refractivity contribution is -0.0943. The topological polar surface area (TPSA) is 31.4 Å². The van der Waals surface area contributed by atoms with Gasteiger partial charge in [0.1, 0.15) is 5.75 Å². The molecule has 0 saturated heterocycles. The van der Waals surface area contributed by atoms with Gasteiger partial charge in [0.25, 0.3) is 0 Å². The molecule has 0 aliphatic carbocycles. The van der Waals surface area contributed by atoms with Gasteiger partial charge in [0.05, 0.1) is 6.61 Å². The Balaban J connectivity index is 1.99. The van der Waals surface area contributed by atoms with Crippen molar-refractivity contribution in [3.05, 3.63) is 48.3 Å². The number of rotatable bonds is 1. The van der Waals surface area contributed by atoms with E-state index in [4.69, 9.17) is 9.47 Å². The van der Waals surface area contributed by atoms with Gasteiger partial charge in [0.2, 0.25) is 0 Å². The van der Waals surface area contributed by atoms with Gasteiger partial charge >= 0.3 is 0 Å². The summed E-state index contributed by atoms with van der Waals surface area (Å²) < 4.78 is 11.0. The maximum absolute atomic E-state index is 5.59. The van der Waals surface area contributed by atoms with Gasteiger partial charge in [0, 0.05) is 18.0 Å². The second kappa shape index (κ2) is 4.18. The summed E-state index contributed by atoms with van der Waals surface area (Å²) in [6.45, 7) is 2.51. The molecule has 86 valence electrons. The number of hydrogen-bond acceptors (Lipinski definition) is 3. The lowest BCUT2D eigenvalue weighted by Gasteiger charge is -2.24. The maximum atomic E-state index is 5.59. The van der Waals surface area contributed by atoms with Crippen LogP contribution in [0.15, 0.2) is 42.7 Å². The molecule has 1 aliphatic rings. The van der Waals surface area contributed by atoms with Gasteiger partial charge in [-0.3, -0.25) is 4.98 Å².